The van der Waals surface area contributed by atoms with Crippen LogP contribution in [-0.4, -0.2) is 16.5 Å². The standard InChI is InChI=1S/C20H23N3OS2/c1-13(21-10-9-14-6-3-2-4-7-14)18-22-19(24)17-15(12-26-20(17)23-18)16-8-5-11-25-16/h5-6,8,11-13,21H,2-4,7,9-10H2,1H3,(H,22,23,24)/p+1/t13-/m0/s1. The van der Waals surface area contributed by atoms with Crippen molar-refractivity contribution in [3.05, 3.63) is 50.7 Å². The number of hydrogen-bond acceptors (Lipinski definition) is 4. The van der Waals surface area contributed by atoms with Crippen molar-refractivity contribution in [2.24, 2.45) is 0 Å². The number of fused-ring (bicyclic) bond motifs is 1. The van der Waals surface area contributed by atoms with E-state index >= 15 is 0 Å². The quantitative estimate of drug-likeness (QED) is 0.623. The molecule has 0 unspecified atom stereocenters. The second-order valence-corrected chi connectivity index (χ2v) is 8.74. The molecule has 0 saturated carbocycles. The van der Waals surface area contributed by atoms with Crippen molar-refractivity contribution in [3.63, 3.8) is 0 Å². The van der Waals surface area contributed by atoms with E-state index in [4.69, 9.17) is 4.98 Å². The number of rotatable bonds is 6. The molecular weight excluding hydrogens is 362 g/mol. The van der Waals surface area contributed by atoms with Gasteiger partial charge >= 0.3 is 0 Å². The molecule has 3 aromatic rings. The van der Waals surface area contributed by atoms with Gasteiger partial charge in [0, 0.05) is 22.2 Å². The predicted octanol–water partition coefficient (Wildman–Crippen LogP) is 4.23. The molecule has 136 valence electrons. The van der Waals surface area contributed by atoms with E-state index < -0.39 is 0 Å². The first kappa shape index (κ1) is 17.6. The second kappa shape index (κ2) is 7.86. The summed E-state index contributed by atoms with van der Waals surface area (Å²) in [6.07, 6.45) is 8.70. The van der Waals surface area contributed by atoms with Crippen molar-refractivity contribution in [3.8, 4) is 10.4 Å². The summed E-state index contributed by atoms with van der Waals surface area (Å²) in [5.74, 6) is 0.778. The first-order valence-corrected chi connectivity index (χ1v) is 11.0. The highest BCUT2D eigenvalue weighted by atomic mass is 32.1. The van der Waals surface area contributed by atoms with Gasteiger partial charge in [-0.05, 0) is 44.1 Å². The molecule has 6 heteroatoms. The topological polar surface area (TPSA) is 62.4 Å². The third-order valence-electron chi connectivity index (χ3n) is 5.05. The maximum Gasteiger partial charge on any atom is 0.260 e. The van der Waals surface area contributed by atoms with Crippen LogP contribution in [0.25, 0.3) is 20.7 Å². The maximum absolute atomic E-state index is 12.7. The fourth-order valence-corrected chi connectivity index (χ4v) is 5.33. The van der Waals surface area contributed by atoms with E-state index in [9.17, 15) is 4.79 Å². The zero-order valence-electron chi connectivity index (χ0n) is 15.0. The van der Waals surface area contributed by atoms with Crippen LogP contribution in [0.15, 0.2) is 39.3 Å². The molecule has 0 aromatic carbocycles. The van der Waals surface area contributed by atoms with E-state index in [-0.39, 0.29) is 11.6 Å². The van der Waals surface area contributed by atoms with E-state index in [1.807, 2.05) is 16.8 Å². The minimum atomic E-state index is -0.0233. The number of nitrogens with two attached hydrogens (primary N) is 1. The van der Waals surface area contributed by atoms with E-state index in [0.717, 1.165) is 39.4 Å². The molecule has 0 bridgehead atoms. The van der Waals surface area contributed by atoms with Gasteiger partial charge in [-0.2, -0.15) is 0 Å². The zero-order chi connectivity index (χ0) is 17.9. The Kier molecular flexibility index (Phi) is 5.33. The number of quaternary nitrogens is 1. The molecule has 1 atom stereocenters. The highest BCUT2D eigenvalue weighted by Crippen LogP contribution is 2.33. The van der Waals surface area contributed by atoms with Gasteiger partial charge in [0.2, 0.25) is 0 Å². The van der Waals surface area contributed by atoms with Crippen molar-refractivity contribution in [2.45, 2.75) is 45.1 Å². The van der Waals surface area contributed by atoms with E-state index in [1.165, 1.54) is 25.7 Å². The molecule has 3 heterocycles. The fourth-order valence-electron chi connectivity index (χ4n) is 3.56. The van der Waals surface area contributed by atoms with Crippen LogP contribution in [-0.2, 0) is 0 Å². The van der Waals surface area contributed by atoms with Crippen LogP contribution >= 0.6 is 22.7 Å². The molecule has 0 amide bonds. The Hall–Kier alpha value is -1.76. The van der Waals surface area contributed by atoms with Crippen LogP contribution in [0.3, 0.4) is 0 Å². The summed E-state index contributed by atoms with van der Waals surface area (Å²) in [5.41, 5.74) is 2.57. The summed E-state index contributed by atoms with van der Waals surface area (Å²) in [6.45, 7) is 3.16. The van der Waals surface area contributed by atoms with E-state index in [2.05, 4.69) is 29.4 Å². The first-order valence-electron chi connectivity index (χ1n) is 9.29. The van der Waals surface area contributed by atoms with Crippen LogP contribution in [0.5, 0.6) is 0 Å². The third kappa shape index (κ3) is 3.68. The number of thiophene rings is 2. The molecule has 4 nitrogen and oxygen atoms in total. The average molecular weight is 387 g/mol. The lowest BCUT2D eigenvalue weighted by Crippen LogP contribution is -2.85. The molecule has 0 aliphatic heterocycles. The second-order valence-electron chi connectivity index (χ2n) is 6.93. The normalized spacial score (nSPS) is 16.0. The minimum Gasteiger partial charge on any atom is -0.337 e. The highest BCUT2D eigenvalue weighted by Gasteiger charge is 2.18. The Morgan fingerprint density at radius 3 is 3.04 bits per heavy atom. The summed E-state index contributed by atoms with van der Waals surface area (Å²) in [6, 6.07) is 4.22. The van der Waals surface area contributed by atoms with Crippen LogP contribution in [0.4, 0.5) is 0 Å². The third-order valence-corrected chi connectivity index (χ3v) is 6.83. The van der Waals surface area contributed by atoms with Crippen molar-refractivity contribution in [1.29, 1.82) is 0 Å². The van der Waals surface area contributed by atoms with Gasteiger partial charge in [-0.1, -0.05) is 17.7 Å². The number of H-pyrrole nitrogens is 1. The average Bonchev–Trinajstić information content (AvgIpc) is 3.32. The smallest absolute Gasteiger partial charge is 0.260 e. The molecule has 0 spiro atoms. The van der Waals surface area contributed by atoms with Crippen molar-refractivity contribution >= 4 is 32.9 Å². The fraction of sp³-hybridized carbons (Fsp3) is 0.400. The lowest BCUT2D eigenvalue weighted by molar-refractivity contribution is -0.693. The Labute approximate surface area is 161 Å². The van der Waals surface area contributed by atoms with Gasteiger partial charge in [0.05, 0.1) is 11.9 Å². The predicted molar refractivity (Wildman–Crippen MR) is 110 cm³/mol. The Morgan fingerprint density at radius 2 is 2.27 bits per heavy atom. The number of aromatic nitrogens is 2. The van der Waals surface area contributed by atoms with Crippen LogP contribution in [0.2, 0.25) is 0 Å². The van der Waals surface area contributed by atoms with Gasteiger partial charge in [-0.3, -0.25) is 4.79 Å². The van der Waals surface area contributed by atoms with Crippen molar-refractivity contribution < 1.29 is 5.32 Å². The number of aromatic amines is 1. The monoisotopic (exact) mass is 386 g/mol. The van der Waals surface area contributed by atoms with Crippen molar-refractivity contribution in [2.75, 3.05) is 6.54 Å². The summed E-state index contributed by atoms with van der Waals surface area (Å²) in [5, 5.41) is 7.09. The van der Waals surface area contributed by atoms with Crippen LogP contribution < -0.4 is 10.9 Å². The van der Waals surface area contributed by atoms with Crippen LogP contribution in [0.1, 0.15) is 50.9 Å². The first-order chi connectivity index (χ1) is 12.7. The molecule has 1 aliphatic rings. The minimum absolute atomic E-state index is 0.0233. The Morgan fingerprint density at radius 1 is 1.35 bits per heavy atom. The van der Waals surface area contributed by atoms with Gasteiger partial charge in [-0.15, -0.1) is 22.7 Å². The molecule has 0 fully saturated rings. The highest BCUT2D eigenvalue weighted by molar-refractivity contribution is 7.18. The molecule has 4 rings (SSSR count). The molecule has 0 saturated heterocycles. The zero-order valence-corrected chi connectivity index (χ0v) is 16.6. The van der Waals surface area contributed by atoms with Gasteiger partial charge in [0.25, 0.3) is 5.56 Å². The number of nitrogens with one attached hydrogen (secondary N) is 1. The maximum atomic E-state index is 12.7. The summed E-state index contributed by atoms with van der Waals surface area (Å²) in [4.78, 5) is 22.4. The van der Waals surface area contributed by atoms with Gasteiger partial charge in [0.15, 0.2) is 5.82 Å². The lowest BCUT2D eigenvalue weighted by Gasteiger charge is -2.14. The van der Waals surface area contributed by atoms with Crippen LogP contribution in [0, 0.1) is 0 Å². The number of allylic oxidation sites excluding steroid dienone is 1. The molecule has 3 aromatic heterocycles. The summed E-state index contributed by atoms with van der Waals surface area (Å²) < 4.78 is 0. The Bertz CT molecular complexity index is 969. The number of nitrogens with zero attached hydrogens (tertiary/aromatic N) is 1. The summed E-state index contributed by atoms with van der Waals surface area (Å²) in [7, 11) is 0. The van der Waals surface area contributed by atoms with Gasteiger partial charge in [-0.25, -0.2) is 4.98 Å². The van der Waals surface area contributed by atoms with E-state index in [0.29, 0.717) is 0 Å². The largest absolute Gasteiger partial charge is 0.337 e. The molecule has 26 heavy (non-hydrogen) atoms. The van der Waals surface area contributed by atoms with Gasteiger partial charge in [0.1, 0.15) is 10.9 Å². The lowest BCUT2D eigenvalue weighted by atomic mass is 9.97. The van der Waals surface area contributed by atoms with E-state index in [1.54, 1.807) is 28.2 Å². The molecule has 3 N–H and O–H groups in total. The van der Waals surface area contributed by atoms with Crippen molar-refractivity contribution in [1.82, 2.24) is 9.97 Å². The summed E-state index contributed by atoms with van der Waals surface area (Å²) >= 11 is 3.21. The van der Waals surface area contributed by atoms with Gasteiger partial charge < -0.3 is 10.3 Å². The SMILES string of the molecule is C[C@H]([NH2+]CCC1=CCCCC1)c1nc2scc(-c3cccs3)c2c(=O)[nH]1. The molecular formula is C20H24N3OS2+. The number of hydrogen-bond donors (Lipinski definition) is 2. The Balaban J connectivity index is 1.50. The molecule has 1 aliphatic carbocycles. The molecule has 0 radical (unpaired) electrons.